The minimum atomic E-state index is -0.268. The summed E-state index contributed by atoms with van der Waals surface area (Å²) in [6.45, 7) is 1.11. The van der Waals surface area contributed by atoms with Crippen molar-refractivity contribution in [2.75, 3.05) is 13.2 Å². The van der Waals surface area contributed by atoms with Crippen molar-refractivity contribution >= 4 is 5.97 Å². The number of aliphatic hydroxyl groups excluding tert-OH is 1. The van der Waals surface area contributed by atoms with Crippen molar-refractivity contribution in [3.05, 3.63) is 35.9 Å². The molecule has 0 spiro atoms. The molecule has 1 fully saturated rings. The van der Waals surface area contributed by atoms with Gasteiger partial charge in [0.15, 0.2) is 0 Å². The Morgan fingerprint density at radius 3 is 2.82 bits per heavy atom. The van der Waals surface area contributed by atoms with E-state index in [1.165, 1.54) is 0 Å². The number of benzene rings is 1. The number of rotatable bonds is 4. The molecule has 1 saturated heterocycles. The van der Waals surface area contributed by atoms with Gasteiger partial charge in [-0.3, -0.25) is 4.79 Å². The van der Waals surface area contributed by atoms with Gasteiger partial charge in [0.1, 0.15) is 12.6 Å². The molecule has 2 N–H and O–H groups in total. The van der Waals surface area contributed by atoms with Crippen LogP contribution in [0.2, 0.25) is 0 Å². The van der Waals surface area contributed by atoms with Crippen LogP contribution in [0.15, 0.2) is 30.3 Å². The van der Waals surface area contributed by atoms with E-state index in [0.717, 1.165) is 5.56 Å². The van der Waals surface area contributed by atoms with E-state index in [4.69, 9.17) is 9.84 Å². The van der Waals surface area contributed by atoms with E-state index in [1.807, 2.05) is 30.3 Å². The summed E-state index contributed by atoms with van der Waals surface area (Å²) < 4.78 is 5.22. The van der Waals surface area contributed by atoms with Crippen LogP contribution in [0.1, 0.15) is 12.0 Å². The SMILES string of the molecule is O=C(OCc1ccccc1)[C@@H]1CC(CO)CN1. The highest BCUT2D eigenvalue weighted by Crippen LogP contribution is 2.14. The van der Waals surface area contributed by atoms with Crippen LogP contribution in [0.4, 0.5) is 0 Å². The predicted molar refractivity (Wildman–Crippen MR) is 63.2 cm³/mol. The standard InChI is InChI=1S/C13H17NO3/c15-8-11-6-12(14-7-11)13(16)17-9-10-4-2-1-3-5-10/h1-5,11-12,14-15H,6-9H2/t11?,12-/m0/s1. The molecule has 4 nitrogen and oxygen atoms in total. The highest BCUT2D eigenvalue weighted by atomic mass is 16.5. The Hall–Kier alpha value is -1.39. The molecule has 0 bridgehead atoms. The Morgan fingerprint density at radius 2 is 2.18 bits per heavy atom. The Kier molecular flexibility index (Phi) is 4.12. The maximum atomic E-state index is 11.7. The van der Waals surface area contributed by atoms with Gasteiger partial charge in [-0.15, -0.1) is 0 Å². The topological polar surface area (TPSA) is 58.6 Å². The second-order valence-electron chi connectivity index (χ2n) is 4.34. The van der Waals surface area contributed by atoms with Crippen molar-refractivity contribution < 1.29 is 14.6 Å². The molecule has 0 amide bonds. The minimum absolute atomic E-state index is 0.121. The van der Waals surface area contributed by atoms with Crippen LogP contribution < -0.4 is 5.32 Å². The molecule has 2 rings (SSSR count). The van der Waals surface area contributed by atoms with E-state index in [0.29, 0.717) is 19.6 Å². The summed E-state index contributed by atoms with van der Waals surface area (Å²) in [7, 11) is 0. The number of aliphatic hydroxyl groups is 1. The van der Waals surface area contributed by atoms with Crippen LogP contribution in [0.5, 0.6) is 0 Å². The monoisotopic (exact) mass is 235 g/mol. The van der Waals surface area contributed by atoms with Gasteiger partial charge < -0.3 is 15.2 Å². The van der Waals surface area contributed by atoms with Gasteiger partial charge in [-0.05, 0) is 17.9 Å². The normalized spacial score (nSPS) is 23.6. The number of esters is 1. The second kappa shape index (κ2) is 5.80. The van der Waals surface area contributed by atoms with Crippen molar-refractivity contribution in [1.82, 2.24) is 5.32 Å². The highest BCUT2D eigenvalue weighted by molar-refractivity contribution is 5.76. The third kappa shape index (κ3) is 3.28. The summed E-state index contributed by atoms with van der Waals surface area (Å²) >= 11 is 0. The first-order valence-electron chi connectivity index (χ1n) is 5.84. The Labute approximate surface area is 101 Å². The summed E-state index contributed by atoms with van der Waals surface area (Å²) in [6.07, 6.45) is 0.657. The molecular formula is C13H17NO3. The Balaban J connectivity index is 1.78. The maximum absolute atomic E-state index is 11.7. The van der Waals surface area contributed by atoms with Gasteiger partial charge in [0.05, 0.1) is 0 Å². The lowest BCUT2D eigenvalue weighted by molar-refractivity contribution is -0.147. The van der Waals surface area contributed by atoms with Gasteiger partial charge in [-0.25, -0.2) is 0 Å². The summed E-state index contributed by atoms with van der Waals surface area (Å²) in [5.74, 6) is -0.0610. The summed E-state index contributed by atoms with van der Waals surface area (Å²) in [4.78, 5) is 11.7. The van der Waals surface area contributed by atoms with Gasteiger partial charge in [0, 0.05) is 13.2 Å². The molecule has 1 unspecified atom stereocenters. The fourth-order valence-electron chi connectivity index (χ4n) is 1.96. The molecule has 4 heteroatoms. The maximum Gasteiger partial charge on any atom is 0.323 e. The van der Waals surface area contributed by atoms with E-state index in [9.17, 15) is 4.79 Å². The van der Waals surface area contributed by atoms with E-state index in [-0.39, 0.29) is 24.5 Å². The molecule has 17 heavy (non-hydrogen) atoms. The summed E-state index contributed by atoms with van der Waals surface area (Å²) in [5, 5.41) is 12.0. The number of hydrogen-bond acceptors (Lipinski definition) is 4. The van der Waals surface area contributed by atoms with E-state index in [2.05, 4.69) is 5.32 Å². The van der Waals surface area contributed by atoms with Crippen molar-refractivity contribution in [3.63, 3.8) is 0 Å². The molecule has 0 aromatic heterocycles. The zero-order valence-electron chi connectivity index (χ0n) is 9.63. The van der Waals surface area contributed by atoms with Gasteiger partial charge in [-0.2, -0.15) is 0 Å². The van der Waals surface area contributed by atoms with Gasteiger partial charge >= 0.3 is 5.97 Å². The molecule has 2 atom stereocenters. The molecule has 1 heterocycles. The summed E-state index contributed by atoms with van der Waals surface area (Å²) in [5.41, 5.74) is 0.984. The fourth-order valence-corrected chi connectivity index (χ4v) is 1.96. The number of ether oxygens (including phenoxy) is 1. The van der Waals surface area contributed by atoms with Crippen LogP contribution in [-0.2, 0) is 16.1 Å². The second-order valence-corrected chi connectivity index (χ2v) is 4.34. The lowest BCUT2D eigenvalue weighted by Crippen LogP contribution is -2.32. The molecule has 0 aliphatic carbocycles. The van der Waals surface area contributed by atoms with E-state index >= 15 is 0 Å². The molecule has 0 radical (unpaired) electrons. The average molecular weight is 235 g/mol. The van der Waals surface area contributed by atoms with E-state index in [1.54, 1.807) is 0 Å². The van der Waals surface area contributed by atoms with Crippen molar-refractivity contribution in [3.8, 4) is 0 Å². The minimum Gasteiger partial charge on any atom is -0.460 e. The first kappa shape index (κ1) is 12.1. The predicted octanol–water partition coefficient (Wildman–Crippen LogP) is 0.700. The molecule has 92 valence electrons. The van der Waals surface area contributed by atoms with Crippen molar-refractivity contribution in [1.29, 1.82) is 0 Å². The molecule has 0 saturated carbocycles. The average Bonchev–Trinajstić information content (AvgIpc) is 2.86. The Morgan fingerprint density at radius 1 is 1.41 bits per heavy atom. The van der Waals surface area contributed by atoms with Gasteiger partial charge in [0.2, 0.25) is 0 Å². The number of carbonyl (C=O) groups excluding carboxylic acids is 1. The van der Waals surface area contributed by atoms with Crippen LogP contribution >= 0.6 is 0 Å². The molecule has 1 aromatic carbocycles. The highest BCUT2D eigenvalue weighted by Gasteiger charge is 2.29. The third-order valence-electron chi connectivity index (χ3n) is 2.99. The van der Waals surface area contributed by atoms with Gasteiger partial charge in [-0.1, -0.05) is 30.3 Å². The quantitative estimate of drug-likeness (QED) is 0.754. The molecule has 1 aliphatic heterocycles. The first-order valence-corrected chi connectivity index (χ1v) is 5.84. The molecule has 1 aromatic rings. The smallest absolute Gasteiger partial charge is 0.323 e. The molecular weight excluding hydrogens is 218 g/mol. The number of hydrogen-bond donors (Lipinski definition) is 2. The first-order chi connectivity index (χ1) is 8.29. The van der Waals surface area contributed by atoms with Gasteiger partial charge in [0.25, 0.3) is 0 Å². The zero-order valence-corrected chi connectivity index (χ0v) is 9.63. The van der Waals surface area contributed by atoms with Crippen LogP contribution in [0.25, 0.3) is 0 Å². The zero-order chi connectivity index (χ0) is 12.1. The fraction of sp³-hybridized carbons (Fsp3) is 0.462. The molecule has 1 aliphatic rings. The van der Waals surface area contributed by atoms with Crippen LogP contribution in [-0.4, -0.2) is 30.3 Å². The lowest BCUT2D eigenvalue weighted by Gasteiger charge is -2.10. The number of nitrogens with one attached hydrogen (secondary N) is 1. The van der Waals surface area contributed by atoms with Crippen LogP contribution in [0.3, 0.4) is 0 Å². The van der Waals surface area contributed by atoms with Crippen molar-refractivity contribution in [2.45, 2.75) is 19.1 Å². The van der Waals surface area contributed by atoms with E-state index < -0.39 is 0 Å². The largest absolute Gasteiger partial charge is 0.460 e. The Bertz CT molecular complexity index is 366. The lowest BCUT2D eigenvalue weighted by atomic mass is 10.1. The van der Waals surface area contributed by atoms with Crippen molar-refractivity contribution in [2.24, 2.45) is 5.92 Å². The summed E-state index contributed by atoms with van der Waals surface area (Å²) in [6, 6.07) is 9.33. The third-order valence-corrected chi connectivity index (χ3v) is 2.99. The van der Waals surface area contributed by atoms with Crippen LogP contribution in [0, 0.1) is 5.92 Å². The number of carbonyl (C=O) groups is 1.